The standard InChI is InChI=1S/C33H22N6O/c1-2-9-29-27(8-1)28-12-11-26(21-31(28)38(29)33-10-3-4-16-35-33)40-25-7-5-6-24(20-25)39-30-15-19-37(32(30)22-36-39)23-13-17-34-18-14-23/h1-22H. The van der Waals surface area contributed by atoms with Crippen LogP contribution >= 0.6 is 0 Å². The van der Waals surface area contributed by atoms with Gasteiger partial charge in [0.15, 0.2) is 0 Å². The van der Waals surface area contributed by atoms with Gasteiger partial charge in [0.05, 0.1) is 34.0 Å². The smallest absolute Gasteiger partial charge is 0.137 e. The molecule has 40 heavy (non-hydrogen) atoms. The summed E-state index contributed by atoms with van der Waals surface area (Å²) in [7, 11) is 0. The molecule has 0 atom stereocenters. The van der Waals surface area contributed by atoms with E-state index in [0.717, 1.165) is 56.1 Å². The Morgan fingerprint density at radius 3 is 2.33 bits per heavy atom. The third kappa shape index (κ3) is 3.56. The van der Waals surface area contributed by atoms with Crippen molar-refractivity contribution in [1.29, 1.82) is 0 Å². The fourth-order valence-electron chi connectivity index (χ4n) is 5.41. The lowest BCUT2D eigenvalue weighted by Crippen LogP contribution is -1.97. The van der Waals surface area contributed by atoms with Crippen LogP contribution in [0.2, 0.25) is 0 Å². The van der Waals surface area contributed by atoms with Gasteiger partial charge in [-0.3, -0.25) is 9.55 Å². The maximum atomic E-state index is 6.41. The van der Waals surface area contributed by atoms with Crippen LogP contribution in [0.25, 0.3) is 50.0 Å². The van der Waals surface area contributed by atoms with Crippen LogP contribution < -0.4 is 4.74 Å². The van der Waals surface area contributed by atoms with E-state index < -0.39 is 0 Å². The quantitative estimate of drug-likeness (QED) is 0.237. The molecule has 5 aromatic heterocycles. The Kier molecular flexibility index (Phi) is 4.99. The number of hydrogen-bond donors (Lipinski definition) is 0. The molecule has 0 unspecified atom stereocenters. The Labute approximate surface area is 229 Å². The normalized spacial score (nSPS) is 11.5. The van der Waals surface area contributed by atoms with Gasteiger partial charge in [0.1, 0.15) is 17.3 Å². The van der Waals surface area contributed by atoms with Crippen LogP contribution in [0.3, 0.4) is 0 Å². The molecule has 8 rings (SSSR count). The summed E-state index contributed by atoms with van der Waals surface area (Å²) in [6.45, 7) is 0. The summed E-state index contributed by atoms with van der Waals surface area (Å²) in [5, 5.41) is 7.02. The molecule has 0 spiro atoms. The van der Waals surface area contributed by atoms with Crippen LogP contribution in [0.4, 0.5) is 0 Å². The third-order valence-electron chi connectivity index (χ3n) is 7.19. The highest BCUT2D eigenvalue weighted by molar-refractivity contribution is 6.09. The van der Waals surface area contributed by atoms with Crippen LogP contribution in [-0.4, -0.2) is 28.9 Å². The first-order valence-corrected chi connectivity index (χ1v) is 13.0. The molecule has 5 heterocycles. The number of aromatic nitrogens is 6. The summed E-state index contributed by atoms with van der Waals surface area (Å²) < 4.78 is 12.6. The van der Waals surface area contributed by atoms with Crippen LogP contribution in [0.1, 0.15) is 0 Å². The number of fused-ring (bicyclic) bond motifs is 4. The molecule has 3 aromatic carbocycles. The van der Waals surface area contributed by atoms with Gasteiger partial charge in [-0.15, -0.1) is 0 Å². The molecule has 0 radical (unpaired) electrons. The molecule has 0 aliphatic heterocycles. The Morgan fingerprint density at radius 2 is 1.43 bits per heavy atom. The number of benzene rings is 3. The minimum absolute atomic E-state index is 0.731. The summed E-state index contributed by atoms with van der Waals surface area (Å²) in [5.41, 5.74) is 6.14. The molecule has 0 bridgehead atoms. The van der Waals surface area contributed by atoms with Crippen molar-refractivity contribution >= 4 is 32.8 Å². The topological polar surface area (TPSA) is 62.7 Å². The van der Waals surface area contributed by atoms with Gasteiger partial charge in [0, 0.05) is 53.4 Å². The van der Waals surface area contributed by atoms with E-state index in [2.05, 4.69) is 72.9 Å². The SMILES string of the molecule is c1ccc(-n2c3ccccc3c3ccc(Oc4cccc(-n5ncc6c5ccn6-c5ccncc5)c4)cc32)nc1. The molecule has 7 nitrogen and oxygen atoms in total. The Hall–Kier alpha value is -5.69. The number of para-hydroxylation sites is 1. The molecule has 0 aliphatic carbocycles. The monoisotopic (exact) mass is 518 g/mol. The summed E-state index contributed by atoms with van der Waals surface area (Å²) >= 11 is 0. The van der Waals surface area contributed by atoms with Crippen molar-refractivity contribution in [1.82, 2.24) is 28.9 Å². The molecule has 0 aliphatic rings. The molecule has 0 saturated carbocycles. The van der Waals surface area contributed by atoms with Gasteiger partial charge in [0.2, 0.25) is 0 Å². The average molecular weight is 519 g/mol. The van der Waals surface area contributed by atoms with Crippen molar-refractivity contribution in [3.05, 3.63) is 134 Å². The van der Waals surface area contributed by atoms with Crippen LogP contribution in [0.15, 0.2) is 134 Å². The molecular formula is C33H22N6O. The van der Waals surface area contributed by atoms with Gasteiger partial charge in [-0.05, 0) is 60.7 Å². The lowest BCUT2D eigenvalue weighted by Gasteiger charge is -2.10. The van der Waals surface area contributed by atoms with E-state index in [9.17, 15) is 0 Å². The first kappa shape index (κ1) is 22.3. The molecule has 0 amide bonds. The molecule has 0 saturated heterocycles. The number of rotatable bonds is 5. The number of nitrogens with zero attached hydrogens (tertiary/aromatic N) is 6. The van der Waals surface area contributed by atoms with Crippen LogP contribution in [0, 0.1) is 0 Å². The highest BCUT2D eigenvalue weighted by atomic mass is 16.5. The first-order valence-electron chi connectivity index (χ1n) is 13.0. The predicted molar refractivity (Wildman–Crippen MR) is 157 cm³/mol. The van der Waals surface area contributed by atoms with Gasteiger partial charge in [0.25, 0.3) is 0 Å². The molecular weight excluding hydrogens is 496 g/mol. The lowest BCUT2D eigenvalue weighted by molar-refractivity contribution is 0.483. The number of pyridine rings is 2. The largest absolute Gasteiger partial charge is 0.457 e. The van der Waals surface area contributed by atoms with E-state index in [-0.39, 0.29) is 0 Å². The van der Waals surface area contributed by atoms with Crippen LogP contribution in [0.5, 0.6) is 11.5 Å². The third-order valence-corrected chi connectivity index (χ3v) is 7.19. The fraction of sp³-hybridized carbons (Fsp3) is 0. The lowest BCUT2D eigenvalue weighted by atomic mass is 10.1. The maximum Gasteiger partial charge on any atom is 0.137 e. The van der Waals surface area contributed by atoms with Crippen molar-refractivity contribution in [2.45, 2.75) is 0 Å². The fourth-order valence-corrected chi connectivity index (χ4v) is 5.41. The zero-order valence-electron chi connectivity index (χ0n) is 21.3. The van der Waals surface area contributed by atoms with Gasteiger partial charge in [-0.25, -0.2) is 9.67 Å². The molecule has 8 aromatic rings. The molecule has 7 heteroatoms. The van der Waals surface area contributed by atoms with Crippen molar-refractivity contribution in [3.63, 3.8) is 0 Å². The van der Waals surface area contributed by atoms with Gasteiger partial charge in [-0.2, -0.15) is 5.10 Å². The molecule has 0 fully saturated rings. The summed E-state index contributed by atoms with van der Waals surface area (Å²) in [5.74, 6) is 2.35. The van der Waals surface area contributed by atoms with E-state index in [1.807, 2.05) is 77.7 Å². The summed E-state index contributed by atoms with van der Waals surface area (Å²) in [6, 6.07) is 34.6. The zero-order valence-corrected chi connectivity index (χ0v) is 21.3. The summed E-state index contributed by atoms with van der Waals surface area (Å²) in [4.78, 5) is 8.76. The average Bonchev–Trinajstić information content (AvgIpc) is 3.70. The highest BCUT2D eigenvalue weighted by Crippen LogP contribution is 2.35. The second-order valence-electron chi connectivity index (χ2n) is 9.54. The molecule has 0 N–H and O–H groups in total. The van der Waals surface area contributed by atoms with Gasteiger partial charge < -0.3 is 9.30 Å². The molecule has 190 valence electrons. The highest BCUT2D eigenvalue weighted by Gasteiger charge is 2.15. The van der Waals surface area contributed by atoms with Crippen molar-refractivity contribution < 1.29 is 4.74 Å². The van der Waals surface area contributed by atoms with Crippen molar-refractivity contribution in [2.24, 2.45) is 0 Å². The van der Waals surface area contributed by atoms with E-state index in [4.69, 9.17) is 4.74 Å². The zero-order chi connectivity index (χ0) is 26.5. The second-order valence-corrected chi connectivity index (χ2v) is 9.54. The van der Waals surface area contributed by atoms with Crippen molar-refractivity contribution in [3.8, 4) is 28.7 Å². The van der Waals surface area contributed by atoms with E-state index in [0.29, 0.717) is 0 Å². The second kappa shape index (κ2) is 8.96. The Bertz CT molecular complexity index is 2140. The van der Waals surface area contributed by atoms with E-state index in [1.54, 1.807) is 12.4 Å². The Balaban J connectivity index is 1.18. The van der Waals surface area contributed by atoms with E-state index in [1.165, 1.54) is 5.39 Å². The Morgan fingerprint density at radius 1 is 0.575 bits per heavy atom. The number of ether oxygens (including phenoxy) is 1. The first-order chi connectivity index (χ1) is 19.8. The van der Waals surface area contributed by atoms with Crippen LogP contribution in [-0.2, 0) is 0 Å². The number of hydrogen-bond acceptors (Lipinski definition) is 4. The minimum atomic E-state index is 0.731. The predicted octanol–water partition coefficient (Wildman–Crippen LogP) is 7.50. The summed E-state index contributed by atoms with van der Waals surface area (Å²) in [6.07, 6.45) is 9.33. The van der Waals surface area contributed by atoms with Gasteiger partial charge in [-0.1, -0.05) is 30.3 Å². The van der Waals surface area contributed by atoms with E-state index >= 15 is 0 Å². The maximum absolute atomic E-state index is 6.41. The van der Waals surface area contributed by atoms with Crippen molar-refractivity contribution in [2.75, 3.05) is 0 Å². The van der Waals surface area contributed by atoms with Gasteiger partial charge >= 0.3 is 0 Å². The minimum Gasteiger partial charge on any atom is -0.457 e.